The first kappa shape index (κ1) is 16.7. The molecule has 1 aromatic heterocycles. The summed E-state index contributed by atoms with van der Waals surface area (Å²) in [4.78, 5) is 21.0. The highest BCUT2D eigenvalue weighted by Crippen LogP contribution is 2.30. The summed E-state index contributed by atoms with van der Waals surface area (Å²) < 4.78 is 5.27. The molecule has 0 saturated carbocycles. The molecule has 0 aliphatic carbocycles. The van der Waals surface area contributed by atoms with Gasteiger partial charge in [-0.25, -0.2) is 0 Å². The third-order valence-corrected chi connectivity index (χ3v) is 4.22. The van der Waals surface area contributed by atoms with Crippen molar-refractivity contribution in [2.75, 3.05) is 39.7 Å². The van der Waals surface area contributed by atoms with Gasteiger partial charge in [0.05, 0.1) is 18.0 Å². The van der Waals surface area contributed by atoms with E-state index in [0.29, 0.717) is 19.0 Å². The average molecular weight is 300 g/mol. The van der Waals surface area contributed by atoms with Crippen LogP contribution in [0.3, 0.4) is 0 Å². The van der Waals surface area contributed by atoms with E-state index >= 15 is 0 Å². The third-order valence-electron chi connectivity index (χ3n) is 3.02. The number of ether oxygens (including phenoxy) is 1. The van der Waals surface area contributed by atoms with Crippen molar-refractivity contribution in [1.82, 2.24) is 15.2 Å². The van der Waals surface area contributed by atoms with Crippen molar-refractivity contribution < 1.29 is 9.53 Å². The number of anilines is 1. The fourth-order valence-corrected chi connectivity index (χ4v) is 2.51. The topological polar surface area (TPSA) is 57.7 Å². The second kappa shape index (κ2) is 7.44. The largest absolute Gasteiger partial charge is 0.480 e. The van der Waals surface area contributed by atoms with E-state index in [1.54, 1.807) is 30.4 Å². The van der Waals surface area contributed by atoms with E-state index in [0.717, 1.165) is 10.0 Å². The van der Waals surface area contributed by atoms with E-state index in [1.807, 2.05) is 32.8 Å². The number of nitrogens with zero attached hydrogens (tertiary/aromatic N) is 3. The first-order chi connectivity index (χ1) is 9.40. The van der Waals surface area contributed by atoms with E-state index in [2.05, 4.69) is 10.3 Å². The molecule has 0 fully saturated rings. The van der Waals surface area contributed by atoms with Gasteiger partial charge in [-0.1, -0.05) is 11.3 Å². The smallest absolute Gasteiger partial charge is 0.239 e. The maximum absolute atomic E-state index is 12.0. The fourth-order valence-electron chi connectivity index (χ4n) is 1.61. The van der Waals surface area contributed by atoms with E-state index in [9.17, 15) is 4.79 Å². The van der Waals surface area contributed by atoms with Gasteiger partial charge in [0.1, 0.15) is 0 Å². The lowest BCUT2D eigenvalue weighted by molar-refractivity contribution is -0.131. The van der Waals surface area contributed by atoms with Crippen molar-refractivity contribution in [3.05, 3.63) is 4.88 Å². The maximum Gasteiger partial charge on any atom is 0.239 e. The minimum Gasteiger partial charge on any atom is -0.480 e. The van der Waals surface area contributed by atoms with Gasteiger partial charge in [-0.05, 0) is 13.8 Å². The highest BCUT2D eigenvalue weighted by Gasteiger charge is 2.18. The number of likely N-dealkylation sites (N-methyl/N-ethyl adjacent to an activating group) is 1. The van der Waals surface area contributed by atoms with E-state index < -0.39 is 0 Å². The number of methoxy groups -OCH3 is 1. The monoisotopic (exact) mass is 300 g/mol. The van der Waals surface area contributed by atoms with Crippen LogP contribution in [0.25, 0.3) is 0 Å². The molecule has 1 amide bonds. The number of amides is 1. The molecule has 114 valence electrons. The number of nitrogens with one attached hydrogen (secondary N) is 1. The molecule has 0 spiro atoms. The van der Waals surface area contributed by atoms with Crippen molar-refractivity contribution in [2.45, 2.75) is 26.4 Å². The second-order valence-electron chi connectivity index (χ2n) is 4.78. The zero-order chi connectivity index (χ0) is 15.3. The first-order valence-electron chi connectivity index (χ1n) is 6.60. The van der Waals surface area contributed by atoms with Crippen molar-refractivity contribution >= 4 is 22.4 Å². The van der Waals surface area contributed by atoms with Crippen LogP contribution < -0.4 is 15.0 Å². The average Bonchev–Trinajstić information content (AvgIpc) is 2.86. The van der Waals surface area contributed by atoms with Crippen molar-refractivity contribution in [3.63, 3.8) is 0 Å². The van der Waals surface area contributed by atoms with Crippen molar-refractivity contribution in [1.29, 1.82) is 0 Å². The Morgan fingerprint density at radius 2 is 2.10 bits per heavy atom. The Bertz CT molecular complexity index is 448. The summed E-state index contributed by atoms with van der Waals surface area (Å²) in [6.45, 7) is 5.10. The molecular weight excluding hydrogens is 276 g/mol. The van der Waals surface area contributed by atoms with Crippen LogP contribution in [0.2, 0.25) is 0 Å². The van der Waals surface area contributed by atoms with Gasteiger partial charge in [0, 0.05) is 34.2 Å². The predicted octanol–water partition coefficient (Wildman–Crippen LogP) is 1.17. The highest BCUT2D eigenvalue weighted by molar-refractivity contribution is 7.15. The Labute approximate surface area is 124 Å². The van der Waals surface area contributed by atoms with Gasteiger partial charge in [0.2, 0.25) is 11.8 Å². The minimum absolute atomic E-state index is 0.0869. The summed E-state index contributed by atoms with van der Waals surface area (Å²) in [6.07, 6.45) is 0. The molecule has 6 nitrogen and oxygen atoms in total. The second-order valence-corrected chi connectivity index (χ2v) is 5.84. The molecule has 1 rings (SSSR count). The van der Waals surface area contributed by atoms with Crippen LogP contribution in [-0.2, 0) is 11.3 Å². The van der Waals surface area contributed by atoms with Crippen LogP contribution in [0.4, 0.5) is 5.13 Å². The van der Waals surface area contributed by atoms with Crippen LogP contribution in [0.15, 0.2) is 0 Å². The van der Waals surface area contributed by atoms with Crippen LogP contribution in [-0.4, -0.2) is 56.6 Å². The van der Waals surface area contributed by atoms with E-state index in [4.69, 9.17) is 4.74 Å². The van der Waals surface area contributed by atoms with Crippen LogP contribution in [0.5, 0.6) is 5.88 Å². The fraction of sp³-hybridized carbons (Fsp3) is 0.692. The number of hydrogen-bond acceptors (Lipinski definition) is 6. The molecule has 7 heteroatoms. The van der Waals surface area contributed by atoms with E-state index in [1.165, 1.54) is 0 Å². The van der Waals surface area contributed by atoms with Gasteiger partial charge in [-0.15, -0.1) is 0 Å². The number of rotatable bonds is 7. The Kier molecular flexibility index (Phi) is 6.22. The summed E-state index contributed by atoms with van der Waals surface area (Å²) in [6, 6.07) is -0.227. The molecule has 0 aromatic carbocycles. The zero-order valence-corrected chi connectivity index (χ0v) is 13.9. The van der Waals surface area contributed by atoms with Gasteiger partial charge in [0.25, 0.3) is 0 Å². The Morgan fingerprint density at radius 1 is 1.45 bits per heavy atom. The van der Waals surface area contributed by atoms with Crippen LogP contribution >= 0.6 is 11.3 Å². The molecule has 20 heavy (non-hydrogen) atoms. The number of hydrogen-bond donors (Lipinski definition) is 1. The first-order valence-corrected chi connectivity index (χ1v) is 7.41. The summed E-state index contributed by atoms with van der Waals surface area (Å²) in [5, 5.41) is 4.11. The molecule has 1 heterocycles. The molecule has 1 unspecified atom stereocenters. The lowest BCUT2D eigenvalue weighted by atomic mass is 10.3. The van der Waals surface area contributed by atoms with Crippen LogP contribution in [0, 0.1) is 0 Å². The molecular formula is C13H24N4O2S. The molecule has 0 bridgehead atoms. The van der Waals surface area contributed by atoms with Gasteiger partial charge in [0.15, 0.2) is 5.13 Å². The Balaban J connectivity index is 2.67. The quantitative estimate of drug-likeness (QED) is 0.819. The lowest BCUT2D eigenvalue weighted by Gasteiger charge is -2.20. The molecule has 1 aromatic rings. The molecule has 1 N–H and O–H groups in total. The molecule has 0 saturated heterocycles. The van der Waals surface area contributed by atoms with Crippen LogP contribution in [0.1, 0.15) is 18.7 Å². The molecule has 0 aliphatic heterocycles. The highest BCUT2D eigenvalue weighted by atomic mass is 32.1. The normalized spacial score (nSPS) is 12.1. The van der Waals surface area contributed by atoms with Gasteiger partial charge >= 0.3 is 0 Å². The summed E-state index contributed by atoms with van der Waals surface area (Å²) in [7, 11) is 7.30. The zero-order valence-electron chi connectivity index (χ0n) is 13.1. The number of aromatic nitrogens is 1. The number of carbonyl (C=O) groups is 1. The minimum atomic E-state index is -0.227. The molecule has 0 radical (unpaired) electrons. The third kappa shape index (κ3) is 4.08. The van der Waals surface area contributed by atoms with Crippen molar-refractivity contribution in [2.24, 2.45) is 0 Å². The lowest BCUT2D eigenvalue weighted by Crippen LogP contribution is -2.42. The van der Waals surface area contributed by atoms with E-state index in [-0.39, 0.29) is 11.9 Å². The SMILES string of the molecule is CCN(C)C(=O)C(C)NCc1sc(N(C)C)nc1OC. The standard InChI is InChI=1S/C13H24N4O2S/c1-7-17(5)12(18)9(2)14-8-10-11(19-6)15-13(20-10)16(3)4/h9,14H,7-8H2,1-6H3. The Hall–Kier alpha value is -1.34. The molecule has 1 atom stereocenters. The maximum atomic E-state index is 12.0. The summed E-state index contributed by atoms with van der Waals surface area (Å²) in [5.74, 6) is 0.707. The molecule has 0 aliphatic rings. The van der Waals surface area contributed by atoms with Gasteiger partial charge in [-0.2, -0.15) is 4.98 Å². The number of thiazole rings is 1. The predicted molar refractivity (Wildman–Crippen MR) is 82.6 cm³/mol. The van der Waals surface area contributed by atoms with Gasteiger partial charge in [-0.3, -0.25) is 4.79 Å². The summed E-state index contributed by atoms with van der Waals surface area (Å²) >= 11 is 1.56. The van der Waals surface area contributed by atoms with Crippen molar-refractivity contribution in [3.8, 4) is 5.88 Å². The van der Waals surface area contributed by atoms with Gasteiger partial charge < -0.3 is 19.9 Å². The number of carbonyl (C=O) groups excluding carboxylic acids is 1. The summed E-state index contributed by atoms with van der Waals surface area (Å²) in [5.41, 5.74) is 0. The Morgan fingerprint density at radius 3 is 2.60 bits per heavy atom.